The Bertz CT molecular complexity index is 1190. The number of hydrogen-bond donors (Lipinski definition) is 1. The zero-order chi connectivity index (χ0) is 20.1. The molecule has 0 saturated carbocycles. The Hall–Kier alpha value is -3.99. The number of carbonyl (C=O) groups is 1. The van der Waals surface area contributed by atoms with E-state index in [1.165, 1.54) is 0 Å². The zero-order valence-corrected chi connectivity index (χ0v) is 15.9. The first-order chi connectivity index (χ1) is 14.2. The van der Waals surface area contributed by atoms with Crippen LogP contribution in [-0.4, -0.2) is 17.1 Å². The van der Waals surface area contributed by atoms with Gasteiger partial charge in [-0.15, -0.1) is 0 Å². The number of rotatable bonds is 5. The third kappa shape index (κ3) is 4.30. The van der Waals surface area contributed by atoms with Crippen molar-refractivity contribution in [1.29, 1.82) is 0 Å². The molecule has 0 fully saturated rings. The van der Waals surface area contributed by atoms with Crippen LogP contribution < -0.4 is 5.43 Å². The van der Waals surface area contributed by atoms with Crippen molar-refractivity contribution in [3.8, 4) is 11.3 Å². The molecule has 0 unspecified atom stereocenters. The smallest absolute Gasteiger partial charge is 0.272 e. The molecule has 0 aliphatic carbocycles. The number of benzene rings is 2. The molecule has 5 nitrogen and oxygen atoms in total. The molecule has 0 bridgehead atoms. The summed E-state index contributed by atoms with van der Waals surface area (Å²) in [4.78, 5) is 17.6. The highest BCUT2D eigenvalue weighted by molar-refractivity contribution is 6.07. The molecule has 0 radical (unpaired) electrons. The summed E-state index contributed by atoms with van der Waals surface area (Å²) in [7, 11) is 0. The number of fused-ring (bicyclic) bond motifs is 1. The first kappa shape index (κ1) is 18.4. The van der Waals surface area contributed by atoms with Gasteiger partial charge in [-0.05, 0) is 42.8 Å². The molecule has 1 N–H and O–H groups in total. The van der Waals surface area contributed by atoms with E-state index < -0.39 is 0 Å². The van der Waals surface area contributed by atoms with Crippen molar-refractivity contribution < 1.29 is 9.21 Å². The van der Waals surface area contributed by atoms with Gasteiger partial charge in [0, 0.05) is 10.9 Å². The number of hydrogen-bond acceptors (Lipinski definition) is 4. The van der Waals surface area contributed by atoms with Crippen LogP contribution in [0, 0.1) is 0 Å². The molecule has 0 atom stereocenters. The van der Waals surface area contributed by atoms with E-state index in [-0.39, 0.29) is 5.91 Å². The second kappa shape index (κ2) is 8.35. The maximum Gasteiger partial charge on any atom is 0.272 e. The van der Waals surface area contributed by atoms with Crippen molar-refractivity contribution in [2.24, 2.45) is 5.10 Å². The van der Waals surface area contributed by atoms with Crippen LogP contribution in [0.4, 0.5) is 0 Å². The minimum absolute atomic E-state index is 0.289. The van der Waals surface area contributed by atoms with Crippen LogP contribution in [0.25, 0.3) is 28.2 Å². The van der Waals surface area contributed by atoms with E-state index >= 15 is 0 Å². The highest BCUT2D eigenvalue weighted by atomic mass is 16.3. The average molecular weight is 381 g/mol. The molecular formula is C24H19N3O2. The number of carbonyl (C=O) groups excluding carboxylic acids is 1. The molecule has 5 heteroatoms. The molecule has 2 aromatic heterocycles. The largest absolute Gasteiger partial charge is 0.465 e. The Labute approximate surface area is 168 Å². The number of nitrogens with one attached hydrogen (secondary N) is 1. The maximum absolute atomic E-state index is 12.9. The van der Waals surface area contributed by atoms with E-state index in [0.29, 0.717) is 5.56 Å². The third-order valence-electron chi connectivity index (χ3n) is 4.38. The Balaban J connectivity index is 1.62. The summed E-state index contributed by atoms with van der Waals surface area (Å²) in [6.45, 7) is 1.88. The molecular weight excluding hydrogens is 362 g/mol. The van der Waals surface area contributed by atoms with Gasteiger partial charge in [0.15, 0.2) is 0 Å². The van der Waals surface area contributed by atoms with E-state index in [1.807, 2.05) is 79.7 Å². The maximum atomic E-state index is 12.9. The lowest BCUT2D eigenvalue weighted by Crippen LogP contribution is -2.18. The molecule has 0 saturated heterocycles. The lowest BCUT2D eigenvalue weighted by molar-refractivity contribution is 0.0956. The minimum Gasteiger partial charge on any atom is -0.465 e. The molecule has 29 heavy (non-hydrogen) atoms. The van der Waals surface area contributed by atoms with Crippen molar-refractivity contribution in [1.82, 2.24) is 10.4 Å². The van der Waals surface area contributed by atoms with Crippen molar-refractivity contribution in [2.75, 3.05) is 0 Å². The van der Waals surface area contributed by atoms with E-state index in [1.54, 1.807) is 18.5 Å². The molecule has 0 aliphatic heterocycles. The van der Waals surface area contributed by atoms with Crippen LogP contribution in [0.3, 0.4) is 0 Å². The minimum atomic E-state index is -0.289. The van der Waals surface area contributed by atoms with Crippen molar-refractivity contribution >= 4 is 29.1 Å². The molecule has 0 aliphatic rings. The number of aromatic nitrogens is 1. The Morgan fingerprint density at radius 3 is 2.62 bits per heavy atom. The van der Waals surface area contributed by atoms with Crippen LogP contribution >= 0.6 is 0 Å². The molecule has 4 aromatic rings. The monoisotopic (exact) mass is 381 g/mol. The van der Waals surface area contributed by atoms with Crippen LogP contribution in [0.1, 0.15) is 23.0 Å². The number of allylic oxidation sites excluding steroid dienone is 1. The SMILES string of the molecule is CC(/C=N\NC(=O)c1cc(-c2ccccc2)nc2ccccc12)=C\c1ccco1. The normalized spacial score (nSPS) is 11.8. The summed E-state index contributed by atoms with van der Waals surface area (Å²) in [5.74, 6) is 0.440. The first-order valence-corrected chi connectivity index (χ1v) is 9.21. The molecule has 2 aromatic carbocycles. The van der Waals surface area contributed by atoms with Gasteiger partial charge in [-0.2, -0.15) is 5.10 Å². The lowest BCUT2D eigenvalue weighted by atomic mass is 10.0. The van der Waals surface area contributed by atoms with Crippen molar-refractivity contribution in [2.45, 2.75) is 6.92 Å². The number of amides is 1. The van der Waals surface area contributed by atoms with Crippen LogP contribution in [0.15, 0.2) is 94.2 Å². The van der Waals surface area contributed by atoms with Gasteiger partial charge in [0.2, 0.25) is 0 Å². The van der Waals surface area contributed by atoms with E-state index in [9.17, 15) is 4.79 Å². The highest BCUT2D eigenvalue weighted by Crippen LogP contribution is 2.24. The van der Waals surface area contributed by atoms with Gasteiger partial charge in [-0.25, -0.2) is 10.4 Å². The number of nitrogens with zero attached hydrogens (tertiary/aromatic N) is 2. The summed E-state index contributed by atoms with van der Waals surface area (Å²) >= 11 is 0. The second-order valence-electron chi connectivity index (χ2n) is 6.54. The molecule has 4 rings (SSSR count). The fourth-order valence-electron chi connectivity index (χ4n) is 3.01. The summed E-state index contributed by atoms with van der Waals surface area (Å²) in [6.07, 6.45) is 5.03. The third-order valence-corrected chi connectivity index (χ3v) is 4.38. The molecule has 142 valence electrons. The standard InChI is InChI=1S/C24H19N3O2/c1-17(14-19-10-7-13-29-19)16-25-27-24(28)21-15-23(18-8-3-2-4-9-18)26-22-12-6-5-11-20(21)22/h2-16H,1H3,(H,27,28)/b17-14+,25-16-. The van der Waals surface area contributed by atoms with Gasteiger partial charge in [0.1, 0.15) is 5.76 Å². The fourth-order valence-corrected chi connectivity index (χ4v) is 3.01. The second-order valence-corrected chi connectivity index (χ2v) is 6.54. The van der Waals surface area contributed by atoms with Gasteiger partial charge < -0.3 is 4.42 Å². The number of pyridine rings is 1. The molecule has 0 spiro atoms. The van der Waals surface area contributed by atoms with Crippen LogP contribution in [0.5, 0.6) is 0 Å². The average Bonchev–Trinajstić information content (AvgIpc) is 3.26. The summed E-state index contributed by atoms with van der Waals surface area (Å²) in [6, 6.07) is 22.8. The van der Waals surface area contributed by atoms with Gasteiger partial charge >= 0.3 is 0 Å². The summed E-state index contributed by atoms with van der Waals surface area (Å²) < 4.78 is 5.27. The quantitative estimate of drug-likeness (QED) is 0.376. The van der Waals surface area contributed by atoms with Gasteiger partial charge in [-0.1, -0.05) is 48.5 Å². The van der Waals surface area contributed by atoms with Gasteiger partial charge in [0.05, 0.1) is 29.3 Å². The van der Waals surface area contributed by atoms with Crippen LogP contribution in [0.2, 0.25) is 0 Å². The lowest BCUT2D eigenvalue weighted by Gasteiger charge is -2.09. The van der Waals surface area contributed by atoms with E-state index in [4.69, 9.17) is 9.40 Å². The Morgan fingerprint density at radius 1 is 1.03 bits per heavy atom. The van der Waals surface area contributed by atoms with Gasteiger partial charge in [0.25, 0.3) is 5.91 Å². The van der Waals surface area contributed by atoms with Crippen molar-refractivity contribution in [3.63, 3.8) is 0 Å². The number of para-hydroxylation sites is 1. The Morgan fingerprint density at radius 2 is 1.83 bits per heavy atom. The predicted molar refractivity (Wildman–Crippen MR) is 115 cm³/mol. The van der Waals surface area contributed by atoms with Crippen LogP contribution in [-0.2, 0) is 0 Å². The predicted octanol–water partition coefficient (Wildman–Crippen LogP) is 5.31. The molecule has 1 amide bonds. The summed E-state index contributed by atoms with van der Waals surface area (Å²) in [5.41, 5.74) is 6.45. The molecule has 2 heterocycles. The number of furan rings is 1. The Kier molecular flexibility index (Phi) is 5.29. The highest BCUT2D eigenvalue weighted by Gasteiger charge is 2.13. The van der Waals surface area contributed by atoms with E-state index in [0.717, 1.165) is 33.5 Å². The van der Waals surface area contributed by atoms with E-state index in [2.05, 4.69) is 10.5 Å². The van der Waals surface area contributed by atoms with Gasteiger partial charge in [-0.3, -0.25) is 4.79 Å². The first-order valence-electron chi connectivity index (χ1n) is 9.21. The van der Waals surface area contributed by atoms with Crippen molar-refractivity contribution in [3.05, 3.63) is 96.0 Å². The fraction of sp³-hybridized carbons (Fsp3) is 0.0417. The summed E-state index contributed by atoms with van der Waals surface area (Å²) in [5, 5.41) is 4.86. The zero-order valence-electron chi connectivity index (χ0n) is 15.9. The number of hydrazone groups is 1. The topological polar surface area (TPSA) is 67.5 Å².